The maximum atomic E-state index is 12.1. The van der Waals surface area contributed by atoms with Gasteiger partial charge >= 0.3 is 11.9 Å². The standard InChI is InChI=1S/C28H28N2O6/c1-19-3-11-23(12-4-19)35-27(33)17-15-25(31)29-21-7-9-22(10-8-21)30-26(32)16-18-28(34)36-24-13-5-20(2)6-14-24/h3-14H,15-18H2,1-2H3,(H,29,31)(H,30,32). The molecular formula is C28H28N2O6. The van der Waals surface area contributed by atoms with Gasteiger partial charge in [-0.2, -0.15) is 0 Å². The van der Waals surface area contributed by atoms with Crippen molar-refractivity contribution in [2.24, 2.45) is 0 Å². The molecule has 3 aromatic rings. The Morgan fingerprint density at radius 2 is 0.861 bits per heavy atom. The summed E-state index contributed by atoms with van der Waals surface area (Å²) in [5, 5.41) is 5.39. The fraction of sp³-hybridized carbons (Fsp3) is 0.214. The van der Waals surface area contributed by atoms with E-state index in [4.69, 9.17) is 9.47 Å². The van der Waals surface area contributed by atoms with Gasteiger partial charge < -0.3 is 20.1 Å². The smallest absolute Gasteiger partial charge is 0.311 e. The SMILES string of the molecule is Cc1ccc(OC(=O)CCC(=O)Nc2ccc(NC(=O)CCC(=O)Oc3ccc(C)cc3)cc2)cc1. The van der Waals surface area contributed by atoms with Gasteiger partial charge in [-0.1, -0.05) is 35.4 Å². The molecule has 2 amide bonds. The Morgan fingerprint density at radius 1 is 0.528 bits per heavy atom. The van der Waals surface area contributed by atoms with Gasteiger partial charge in [-0.15, -0.1) is 0 Å². The highest BCUT2D eigenvalue weighted by atomic mass is 16.5. The van der Waals surface area contributed by atoms with Crippen LogP contribution in [0.2, 0.25) is 0 Å². The van der Waals surface area contributed by atoms with E-state index >= 15 is 0 Å². The lowest BCUT2D eigenvalue weighted by molar-refractivity contribution is -0.136. The molecule has 0 aliphatic heterocycles. The molecule has 8 heteroatoms. The lowest BCUT2D eigenvalue weighted by Crippen LogP contribution is -2.16. The monoisotopic (exact) mass is 488 g/mol. The summed E-state index contributed by atoms with van der Waals surface area (Å²) in [6.45, 7) is 3.87. The highest BCUT2D eigenvalue weighted by Crippen LogP contribution is 2.16. The molecule has 186 valence electrons. The number of hydrogen-bond acceptors (Lipinski definition) is 6. The number of amides is 2. The van der Waals surface area contributed by atoms with Crippen molar-refractivity contribution >= 4 is 35.1 Å². The van der Waals surface area contributed by atoms with Gasteiger partial charge in [0.2, 0.25) is 11.8 Å². The maximum Gasteiger partial charge on any atom is 0.311 e. The van der Waals surface area contributed by atoms with E-state index in [-0.39, 0.29) is 37.5 Å². The van der Waals surface area contributed by atoms with E-state index in [1.165, 1.54) is 0 Å². The molecule has 0 atom stereocenters. The summed E-state index contributed by atoms with van der Waals surface area (Å²) >= 11 is 0. The number of benzene rings is 3. The van der Waals surface area contributed by atoms with Crippen LogP contribution in [-0.2, 0) is 19.2 Å². The van der Waals surface area contributed by atoms with Crippen LogP contribution in [0.5, 0.6) is 11.5 Å². The second-order valence-corrected chi connectivity index (χ2v) is 8.25. The van der Waals surface area contributed by atoms with Crippen LogP contribution in [0.3, 0.4) is 0 Å². The summed E-state index contributed by atoms with van der Waals surface area (Å²) in [6, 6.07) is 20.7. The average molecular weight is 489 g/mol. The highest BCUT2D eigenvalue weighted by Gasteiger charge is 2.11. The summed E-state index contributed by atoms with van der Waals surface area (Å²) in [4.78, 5) is 48.1. The zero-order chi connectivity index (χ0) is 25.9. The largest absolute Gasteiger partial charge is 0.427 e. The van der Waals surface area contributed by atoms with Crippen molar-refractivity contribution in [3.05, 3.63) is 83.9 Å². The topological polar surface area (TPSA) is 111 Å². The molecule has 0 bridgehead atoms. The van der Waals surface area contributed by atoms with Gasteiger partial charge in [0, 0.05) is 24.2 Å². The molecule has 0 aliphatic carbocycles. The van der Waals surface area contributed by atoms with Gasteiger partial charge in [-0.25, -0.2) is 0 Å². The van der Waals surface area contributed by atoms with E-state index in [9.17, 15) is 19.2 Å². The molecule has 0 aromatic heterocycles. The first-order valence-corrected chi connectivity index (χ1v) is 11.5. The van der Waals surface area contributed by atoms with Crippen LogP contribution in [0.4, 0.5) is 11.4 Å². The Balaban J connectivity index is 1.36. The lowest BCUT2D eigenvalue weighted by Gasteiger charge is -2.09. The van der Waals surface area contributed by atoms with Gasteiger partial charge in [0.05, 0.1) is 12.8 Å². The lowest BCUT2D eigenvalue weighted by atomic mass is 10.2. The Bertz CT molecular complexity index is 1110. The fourth-order valence-corrected chi connectivity index (χ4v) is 3.09. The van der Waals surface area contributed by atoms with Crippen LogP contribution in [0.25, 0.3) is 0 Å². The first kappa shape index (κ1) is 26.2. The number of carbonyl (C=O) groups is 4. The molecule has 0 spiro atoms. The minimum absolute atomic E-state index is 0.0259. The highest BCUT2D eigenvalue weighted by molar-refractivity contribution is 5.94. The van der Waals surface area contributed by atoms with Gasteiger partial charge in [0.15, 0.2) is 0 Å². The van der Waals surface area contributed by atoms with Crippen LogP contribution in [-0.4, -0.2) is 23.8 Å². The van der Waals surface area contributed by atoms with Crippen LogP contribution in [0, 0.1) is 13.8 Å². The molecule has 0 aliphatic rings. The van der Waals surface area contributed by atoms with Crippen LogP contribution in [0.15, 0.2) is 72.8 Å². The molecule has 0 saturated heterocycles. The Morgan fingerprint density at radius 3 is 1.19 bits per heavy atom. The number of hydrogen-bond donors (Lipinski definition) is 2. The Labute approximate surface area is 209 Å². The molecule has 0 heterocycles. The van der Waals surface area contributed by atoms with Crippen molar-refractivity contribution in [3.8, 4) is 11.5 Å². The number of aryl methyl sites for hydroxylation is 2. The molecule has 0 saturated carbocycles. The minimum Gasteiger partial charge on any atom is -0.427 e. The van der Waals surface area contributed by atoms with E-state index in [1.807, 2.05) is 38.1 Å². The second kappa shape index (κ2) is 12.9. The third kappa shape index (κ3) is 9.06. The molecular weight excluding hydrogens is 460 g/mol. The molecule has 8 nitrogen and oxygen atoms in total. The number of ether oxygens (including phenoxy) is 2. The van der Waals surface area contributed by atoms with Crippen molar-refractivity contribution in [3.63, 3.8) is 0 Å². The predicted octanol–water partition coefficient (Wildman–Crippen LogP) is 4.95. The van der Waals surface area contributed by atoms with Gasteiger partial charge in [-0.3, -0.25) is 19.2 Å². The van der Waals surface area contributed by atoms with Gasteiger partial charge in [0.25, 0.3) is 0 Å². The normalized spacial score (nSPS) is 10.3. The van der Waals surface area contributed by atoms with Crippen molar-refractivity contribution < 1.29 is 28.7 Å². The summed E-state index contributed by atoms with van der Waals surface area (Å²) in [5.74, 6) is -0.775. The third-order valence-electron chi connectivity index (χ3n) is 5.07. The number of anilines is 2. The van der Waals surface area contributed by atoms with Crippen molar-refractivity contribution in [1.29, 1.82) is 0 Å². The average Bonchev–Trinajstić information content (AvgIpc) is 2.85. The third-order valence-corrected chi connectivity index (χ3v) is 5.07. The van der Waals surface area contributed by atoms with E-state index in [2.05, 4.69) is 10.6 Å². The summed E-state index contributed by atoms with van der Waals surface area (Å²) < 4.78 is 10.4. The molecule has 0 fully saturated rings. The molecule has 36 heavy (non-hydrogen) atoms. The van der Waals surface area contributed by atoms with E-state index in [0.29, 0.717) is 22.9 Å². The minimum atomic E-state index is -0.491. The molecule has 2 N–H and O–H groups in total. The maximum absolute atomic E-state index is 12.1. The predicted molar refractivity (Wildman–Crippen MR) is 136 cm³/mol. The van der Waals surface area contributed by atoms with Gasteiger partial charge in [0.1, 0.15) is 11.5 Å². The second-order valence-electron chi connectivity index (χ2n) is 8.25. The summed E-state index contributed by atoms with van der Waals surface area (Å²) in [7, 11) is 0. The number of carbonyl (C=O) groups excluding carboxylic acids is 4. The van der Waals surface area contributed by atoms with Crippen molar-refractivity contribution in [2.45, 2.75) is 39.5 Å². The fourth-order valence-electron chi connectivity index (χ4n) is 3.09. The Hall–Kier alpha value is -4.46. The van der Waals surface area contributed by atoms with Crippen molar-refractivity contribution in [2.75, 3.05) is 10.6 Å². The zero-order valence-corrected chi connectivity index (χ0v) is 20.2. The van der Waals surface area contributed by atoms with Gasteiger partial charge in [-0.05, 0) is 62.4 Å². The summed E-state index contributed by atoms with van der Waals surface area (Å²) in [6.07, 6.45) is -0.163. The molecule has 3 rings (SSSR count). The quantitative estimate of drug-likeness (QED) is 0.309. The molecule has 0 radical (unpaired) electrons. The van der Waals surface area contributed by atoms with E-state index < -0.39 is 11.9 Å². The van der Waals surface area contributed by atoms with Crippen LogP contribution < -0.4 is 20.1 Å². The molecule has 3 aromatic carbocycles. The number of esters is 2. The van der Waals surface area contributed by atoms with E-state index in [1.54, 1.807) is 48.5 Å². The first-order chi connectivity index (χ1) is 17.3. The first-order valence-electron chi connectivity index (χ1n) is 11.5. The van der Waals surface area contributed by atoms with Crippen LogP contribution in [0.1, 0.15) is 36.8 Å². The summed E-state index contributed by atoms with van der Waals surface area (Å²) in [5.41, 5.74) is 3.15. The number of rotatable bonds is 10. The number of nitrogens with one attached hydrogen (secondary N) is 2. The molecule has 0 unspecified atom stereocenters. The van der Waals surface area contributed by atoms with E-state index in [0.717, 1.165) is 11.1 Å². The Kier molecular flexibility index (Phi) is 9.33. The van der Waals surface area contributed by atoms with Crippen molar-refractivity contribution in [1.82, 2.24) is 0 Å². The zero-order valence-electron chi connectivity index (χ0n) is 20.2. The van der Waals surface area contributed by atoms with Crippen LogP contribution >= 0.6 is 0 Å².